The zero-order chi connectivity index (χ0) is 9.84. The Labute approximate surface area is 77.9 Å². The quantitative estimate of drug-likeness (QED) is 0.659. The molecule has 1 fully saturated rings. The van der Waals surface area contributed by atoms with Gasteiger partial charge in [0.05, 0.1) is 12.6 Å². The molecule has 1 N–H and O–H groups in total. The third-order valence-corrected chi connectivity index (χ3v) is 2.29. The van der Waals surface area contributed by atoms with E-state index in [0.717, 1.165) is 13.1 Å². The van der Waals surface area contributed by atoms with Crippen LogP contribution in [-0.4, -0.2) is 67.4 Å². The van der Waals surface area contributed by atoms with Gasteiger partial charge in [-0.3, -0.25) is 0 Å². The Morgan fingerprint density at radius 3 is 2.85 bits per heavy atom. The lowest BCUT2D eigenvalue weighted by atomic mass is 10.2. The van der Waals surface area contributed by atoms with Crippen molar-refractivity contribution < 1.29 is 14.6 Å². The van der Waals surface area contributed by atoms with Crippen LogP contribution in [0, 0.1) is 0 Å². The molecule has 0 aromatic rings. The molecule has 5 nitrogen and oxygen atoms in total. The first-order valence-electron chi connectivity index (χ1n) is 4.32. The molecule has 0 aromatic carbocycles. The highest BCUT2D eigenvalue weighted by Crippen LogP contribution is 2.08. The molecule has 1 saturated heterocycles. The van der Waals surface area contributed by atoms with Crippen LogP contribution in [0.3, 0.4) is 0 Å². The minimum absolute atomic E-state index is 0.0266. The smallest absolute Gasteiger partial charge is 0.407 e. The van der Waals surface area contributed by atoms with Gasteiger partial charge in [-0.1, -0.05) is 0 Å². The Hall–Kier alpha value is -0.810. The van der Waals surface area contributed by atoms with Gasteiger partial charge in [0.1, 0.15) is 0 Å². The predicted octanol–water partition coefficient (Wildman–Crippen LogP) is -0.0732. The van der Waals surface area contributed by atoms with Crippen molar-refractivity contribution >= 4 is 6.09 Å². The second-order valence-electron chi connectivity index (χ2n) is 3.35. The highest BCUT2D eigenvalue weighted by molar-refractivity contribution is 5.65. The molecule has 0 aromatic heterocycles. The summed E-state index contributed by atoms with van der Waals surface area (Å²) in [6.07, 6.45) is -0.852. The second-order valence-corrected chi connectivity index (χ2v) is 3.35. The Bertz CT molecular complexity index is 186. The van der Waals surface area contributed by atoms with E-state index >= 15 is 0 Å². The van der Waals surface area contributed by atoms with Gasteiger partial charge in [-0.05, 0) is 7.05 Å². The van der Waals surface area contributed by atoms with Crippen molar-refractivity contribution in [1.82, 2.24) is 9.80 Å². The number of amides is 1. The van der Waals surface area contributed by atoms with E-state index in [2.05, 4.69) is 4.90 Å². The third kappa shape index (κ3) is 2.57. The second kappa shape index (κ2) is 4.43. The van der Waals surface area contributed by atoms with Crippen molar-refractivity contribution in [1.29, 1.82) is 0 Å². The van der Waals surface area contributed by atoms with E-state index in [-0.39, 0.29) is 6.04 Å². The molecule has 0 saturated carbocycles. The van der Waals surface area contributed by atoms with Crippen LogP contribution in [0.25, 0.3) is 0 Å². The van der Waals surface area contributed by atoms with E-state index in [1.807, 2.05) is 7.05 Å². The average molecular weight is 188 g/mol. The molecule has 1 rings (SSSR count). The number of likely N-dealkylation sites (N-methyl/N-ethyl adjacent to an activating group) is 1. The Morgan fingerprint density at radius 1 is 1.62 bits per heavy atom. The van der Waals surface area contributed by atoms with Gasteiger partial charge in [0.25, 0.3) is 0 Å². The first kappa shape index (κ1) is 10.3. The minimum atomic E-state index is -0.852. The van der Waals surface area contributed by atoms with E-state index in [1.54, 1.807) is 7.11 Å². The van der Waals surface area contributed by atoms with Gasteiger partial charge < -0.3 is 19.6 Å². The highest BCUT2D eigenvalue weighted by atomic mass is 16.5. The van der Waals surface area contributed by atoms with E-state index in [1.165, 1.54) is 4.90 Å². The van der Waals surface area contributed by atoms with Crippen LogP contribution in [0.2, 0.25) is 0 Å². The largest absolute Gasteiger partial charge is 0.465 e. The van der Waals surface area contributed by atoms with Crippen LogP contribution in [0.1, 0.15) is 0 Å². The highest BCUT2D eigenvalue weighted by Gasteiger charge is 2.28. The van der Waals surface area contributed by atoms with Crippen molar-refractivity contribution in [3.05, 3.63) is 0 Å². The Morgan fingerprint density at radius 2 is 2.31 bits per heavy atom. The molecule has 1 aliphatic rings. The summed E-state index contributed by atoms with van der Waals surface area (Å²) in [5, 5.41) is 8.87. The fraction of sp³-hybridized carbons (Fsp3) is 0.875. The average Bonchev–Trinajstić information content (AvgIpc) is 2.04. The van der Waals surface area contributed by atoms with Crippen LogP contribution in [0.15, 0.2) is 0 Å². The molecule has 0 bridgehead atoms. The fourth-order valence-electron chi connectivity index (χ4n) is 1.60. The van der Waals surface area contributed by atoms with E-state index in [4.69, 9.17) is 9.84 Å². The molecule has 0 spiro atoms. The third-order valence-electron chi connectivity index (χ3n) is 2.29. The monoisotopic (exact) mass is 188 g/mol. The summed E-state index contributed by atoms with van der Waals surface area (Å²) in [6, 6.07) is -0.0266. The van der Waals surface area contributed by atoms with E-state index < -0.39 is 6.09 Å². The van der Waals surface area contributed by atoms with Crippen LogP contribution < -0.4 is 0 Å². The minimum Gasteiger partial charge on any atom is -0.465 e. The number of hydrogen-bond acceptors (Lipinski definition) is 3. The number of piperazine rings is 1. The van der Waals surface area contributed by atoms with Gasteiger partial charge in [-0.2, -0.15) is 0 Å². The molecular formula is C8H16N2O3. The fourth-order valence-corrected chi connectivity index (χ4v) is 1.60. The van der Waals surface area contributed by atoms with Crippen LogP contribution in [-0.2, 0) is 4.74 Å². The lowest BCUT2D eigenvalue weighted by Gasteiger charge is -2.37. The maximum absolute atomic E-state index is 10.8. The number of carboxylic acid groups (broad SMARTS) is 1. The van der Waals surface area contributed by atoms with Crippen molar-refractivity contribution in [2.45, 2.75) is 6.04 Å². The molecule has 1 unspecified atom stereocenters. The number of hydrogen-bond donors (Lipinski definition) is 1. The Kier molecular flexibility index (Phi) is 3.50. The zero-order valence-corrected chi connectivity index (χ0v) is 8.06. The van der Waals surface area contributed by atoms with Gasteiger partial charge in [0, 0.05) is 26.7 Å². The molecule has 1 heterocycles. The lowest BCUT2D eigenvalue weighted by molar-refractivity contribution is 0.0368. The molecule has 76 valence electrons. The normalized spacial score (nSPS) is 24.8. The topological polar surface area (TPSA) is 53.0 Å². The van der Waals surface area contributed by atoms with E-state index in [0.29, 0.717) is 13.2 Å². The molecule has 13 heavy (non-hydrogen) atoms. The standard InChI is InChI=1S/C8H16N2O3/c1-9-3-4-10(8(11)12)7(5-9)6-13-2/h7H,3-6H2,1-2H3,(H,11,12). The number of nitrogens with zero attached hydrogens (tertiary/aromatic N) is 2. The van der Waals surface area contributed by atoms with E-state index in [9.17, 15) is 4.79 Å². The van der Waals surface area contributed by atoms with Gasteiger partial charge in [0.15, 0.2) is 0 Å². The molecule has 0 radical (unpaired) electrons. The molecule has 5 heteroatoms. The van der Waals surface area contributed by atoms with Gasteiger partial charge >= 0.3 is 6.09 Å². The van der Waals surface area contributed by atoms with Crippen LogP contribution >= 0.6 is 0 Å². The van der Waals surface area contributed by atoms with Gasteiger partial charge in [-0.25, -0.2) is 4.79 Å². The first-order chi connectivity index (χ1) is 6.15. The molecule has 1 atom stereocenters. The number of carbonyl (C=O) groups is 1. The zero-order valence-electron chi connectivity index (χ0n) is 8.06. The SMILES string of the molecule is COCC1CN(C)CCN1C(=O)O. The lowest BCUT2D eigenvalue weighted by Crippen LogP contribution is -2.55. The summed E-state index contributed by atoms with van der Waals surface area (Å²) in [4.78, 5) is 14.4. The van der Waals surface area contributed by atoms with Crippen molar-refractivity contribution in [3.8, 4) is 0 Å². The van der Waals surface area contributed by atoms with Crippen molar-refractivity contribution in [2.24, 2.45) is 0 Å². The number of rotatable bonds is 2. The predicted molar refractivity (Wildman–Crippen MR) is 47.9 cm³/mol. The summed E-state index contributed by atoms with van der Waals surface area (Å²) in [7, 11) is 3.58. The first-order valence-corrected chi connectivity index (χ1v) is 4.32. The van der Waals surface area contributed by atoms with Crippen LogP contribution in [0.5, 0.6) is 0 Å². The van der Waals surface area contributed by atoms with Crippen molar-refractivity contribution in [2.75, 3.05) is 40.4 Å². The Balaban J connectivity index is 2.55. The molecule has 1 aliphatic heterocycles. The van der Waals surface area contributed by atoms with Crippen molar-refractivity contribution in [3.63, 3.8) is 0 Å². The maximum Gasteiger partial charge on any atom is 0.407 e. The molecular weight excluding hydrogens is 172 g/mol. The maximum atomic E-state index is 10.8. The summed E-state index contributed by atoms with van der Waals surface area (Å²) in [6.45, 7) is 2.59. The molecule has 0 aliphatic carbocycles. The van der Waals surface area contributed by atoms with Gasteiger partial charge in [0.2, 0.25) is 0 Å². The summed E-state index contributed by atoms with van der Waals surface area (Å²) < 4.78 is 4.98. The number of methoxy groups -OCH3 is 1. The summed E-state index contributed by atoms with van der Waals surface area (Å²) >= 11 is 0. The van der Waals surface area contributed by atoms with Crippen LogP contribution in [0.4, 0.5) is 4.79 Å². The van der Waals surface area contributed by atoms with Gasteiger partial charge in [-0.15, -0.1) is 0 Å². The number of ether oxygens (including phenoxy) is 1. The summed E-state index contributed by atoms with van der Waals surface area (Å²) in [5.41, 5.74) is 0. The summed E-state index contributed by atoms with van der Waals surface area (Å²) in [5.74, 6) is 0. The molecule has 1 amide bonds.